The third-order valence-corrected chi connectivity index (χ3v) is 2.82. The maximum atomic E-state index is 4.32. The smallest absolute Gasteiger partial charge is 0.249 e. The number of hydrogen-bond donors (Lipinski definition) is 2. The number of anilines is 3. The predicted octanol–water partition coefficient (Wildman–Crippen LogP) is 3.34. The van der Waals surface area contributed by atoms with Crippen molar-refractivity contribution in [3.05, 3.63) is 48.7 Å². The minimum Gasteiger partial charge on any atom is -0.365 e. The highest BCUT2D eigenvalue weighted by Gasteiger charge is 2.02. The van der Waals surface area contributed by atoms with Crippen LogP contribution in [-0.4, -0.2) is 21.7 Å². The van der Waals surface area contributed by atoms with E-state index in [0.29, 0.717) is 24.2 Å². The SMILES string of the molecule is C=CCNc1cnnc(Nc2ccc(C(C)C)cc2)n1. The molecular formula is C15H19N5. The molecule has 0 atom stereocenters. The van der Waals surface area contributed by atoms with Gasteiger partial charge in [-0.1, -0.05) is 32.1 Å². The molecule has 2 rings (SSSR count). The third kappa shape index (κ3) is 3.78. The van der Waals surface area contributed by atoms with Gasteiger partial charge in [0.25, 0.3) is 0 Å². The summed E-state index contributed by atoms with van der Waals surface area (Å²) in [4.78, 5) is 4.32. The molecule has 0 fully saturated rings. The van der Waals surface area contributed by atoms with Gasteiger partial charge >= 0.3 is 0 Å². The molecule has 0 saturated carbocycles. The number of aromatic nitrogens is 3. The van der Waals surface area contributed by atoms with E-state index in [9.17, 15) is 0 Å². The van der Waals surface area contributed by atoms with Gasteiger partial charge in [0.15, 0.2) is 5.82 Å². The van der Waals surface area contributed by atoms with Crippen LogP contribution in [0.15, 0.2) is 43.1 Å². The molecule has 1 heterocycles. The molecule has 0 aliphatic heterocycles. The molecule has 5 nitrogen and oxygen atoms in total. The van der Waals surface area contributed by atoms with E-state index in [4.69, 9.17) is 0 Å². The molecule has 0 radical (unpaired) electrons. The lowest BCUT2D eigenvalue weighted by Gasteiger charge is -2.08. The lowest BCUT2D eigenvalue weighted by Crippen LogP contribution is -2.05. The topological polar surface area (TPSA) is 62.7 Å². The van der Waals surface area contributed by atoms with Crippen LogP contribution in [0.25, 0.3) is 0 Å². The average Bonchev–Trinajstić information content (AvgIpc) is 2.46. The Morgan fingerprint density at radius 3 is 2.65 bits per heavy atom. The second-order valence-corrected chi connectivity index (χ2v) is 4.74. The number of benzene rings is 1. The van der Waals surface area contributed by atoms with Gasteiger partial charge in [-0.15, -0.1) is 11.7 Å². The summed E-state index contributed by atoms with van der Waals surface area (Å²) in [5, 5.41) is 14.1. The van der Waals surface area contributed by atoms with Crippen molar-refractivity contribution < 1.29 is 0 Å². The summed E-state index contributed by atoms with van der Waals surface area (Å²) in [5.41, 5.74) is 2.24. The van der Waals surface area contributed by atoms with E-state index in [-0.39, 0.29) is 0 Å². The van der Waals surface area contributed by atoms with Gasteiger partial charge in [-0.25, -0.2) is 0 Å². The Morgan fingerprint density at radius 2 is 2.00 bits per heavy atom. The van der Waals surface area contributed by atoms with Crippen molar-refractivity contribution in [1.82, 2.24) is 15.2 Å². The molecule has 1 aromatic carbocycles. The first kappa shape index (κ1) is 14.0. The van der Waals surface area contributed by atoms with Crippen LogP contribution in [0.2, 0.25) is 0 Å². The Morgan fingerprint density at radius 1 is 1.25 bits per heavy atom. The number of rotatable bonds is 6. The Bertz CT molecular complexity index is 563. The maximum Gasteiger partial charge on any atom is 0.249 e. The van der Waals surface area contributed by atoms with Crippen LogP contribution in [0.4, 0.5) is 17.5 Å². The Balaban J connectivity index is 2.07. The zero-order chi connectivity index (χ0) is 14.4. The highest BCUT2D eigenvalue weighted by atomic mass is 15.3. The molecule has 1 aromatic heterocycles. The molecule has 0 bridgehead atoms. The molecule has 2 N–H and O–H groups in total. The van der Waals surface area contributed by atoms with Crippen LogP contribution in [0.3, 0.4) is 0 Å². The fourth-order valence-electron chi connectivity index (χ4n) is 1.70. The van der Waals surface area contributed by atoms with Crippen LogP contribution in [0, 0.1) is 0 Å². The summed E-state index contributed by atoms with van der Waals surface area (Å²) in [6.45, 7) is 8.63. The molecule has 5 heteroatoms. The van der Waals surface area contributed by atoms with Gasteiger partial charge in [-0.2, -0.15) is 10.1 Å². The van der Waals surface area contributed by atoms with Crippen molar-refractivity contribution in [2.24, 2.45) is 0 Å². The Hall–Kier alpha value is -2.43. The highest BCUT2D eigenvalue weighted by Crippen LogP contribution is 2.19. The van der Waals surface area contributed by atoms with Gasteiger partial charge in [0.1, 0.15) is 0 Å². The fourth-order valence-corrected chi connectivity index (χ4v) is 1.70. The molecule has 0 unspecified atom stereocenters. The van der Waals surface area contributed by atoms with Crippen molar-refractivity contribution in [2.75, 3.05) is 17.2 Å². The number of nitrogens with one attached hydrogen (secondary N) is 2. The van der Waals surface area contributed by atoms with Crippen molar-refractivity contribution in [3.63, 3.8) is 0 Å². The molecular weight excluding hydrogens is 250 g/mol. The van der Waals surface area contributed by atoms with Crippen LogP contribution in [0.5, 0.6) is 0 Å². The fraction of sp³-hybridized carbons (Fsp3) is 0.267. The summed E-state index contributed by atoms with van der Waals surface area (Å²) < 4.78 is 0. The average molecular weight is 269 g/mol. The molecule has 0 aliphatic carbocycles. The highest BCUT2D eigenvalue weighted by molar-refractivity contribution is 5.54. The minimum atomic E-state index is 0.469. The van der Waals surface area contributed by atoms with Crippen molar-refractivity contribution in [3.8, 4) is 0 Å². The van der Waals surface area contributed by atoms with Gasteiger partial charge in [0, 0.05) is 12.2 Å². The minimum absolute atomic E-state index is 0.469. The van der Waals surface area contributed by atoms with Crippen LogP contribution >= 0.6 is 0 Å². The summed E-state index contributed by atoms with van der Waals surface area (Å²) in [6.07, 6.45) is 3.34. The van der Waals surface area contributed by atoms with E-state index < -0.39 is 0 Å². The Labute approximate surface area is 119 Å². The second kappa shape index (κ2) is 6.65. The second-order valence-electron chi connectivity index (χ2n) is 4.74. The van der Waals surface area contributed by atoms with E-state index in [2.05, 4.69) is 58.4 Å². The van der Waals surface area contributed by atoms with Crippen LogP contribution in [0.1, 0.15) is 25.3 Å². The third-order valence-electron chi connectivity index (χ3n) is 2.82. The van der Waals surface area contributed by atoms with E-state index in [1.165, 1.54) is 5.56 Å². The first-order valence-electron chi connectivity index (χ1n) is 6.60. The van der Waals surface area contributed by atoms with Crippen molar-refractivity contribution in [1.29, 1.82) is 0 Å². The van der Waals surface area contributed by atoms with Crippen molar-refractivity contribution in [2.45, 2.75) is 19.8 Å². The van der Waals surface area contributed by atoms with Crippen molar-refractivity contribution >= 4 is 17.5 Å². The lowest BCUT2D eigenvalue weighted by molar-refractivity contribution is 0.867. The first-order valence-corrected chi connectivity index (χ1v) is 6.60. The summed E-state index contributed by atoms with van der Waals surface area (Å²) in [7, 11) is 0. The molecule has 0 saturated heterocycles. The summed E-state index contributed by atoms with van der Waals surface area (Å²) in [6, 6.07) is 8.23. The molecule has 2 aromatic rings. The molecule has 0 aliphatic rings. The largest absolute Gasteiger partial charge is 0.365 e. The van der Waals surface area contributed by atoms with Gasteiger partial charge in [-0.05, 0) is 23.6 Å². The van der Waals surface area contributed by atoms with E-state index in [1.807, 2.05) is 12.1 Å². The van der Waals surface area contributed by atoms with Gasteiger partial charge in [-0.3, -0.25) is 0 Å². The molecule has 20 heavy (non-hydrogen) atoms. The first-order chi connectivity index (χ1) is 9.69. The van der Waals surface area contributed by atoms with Gasteiger partial charge < -0.3 is 10.6 Å². The molecule has 0 amide bonds. The molecule has 0 spiro atoms. The standard InChI is InChI=1S/C15H19N5/c1-4-9-16-14-10-17-20-15(19-14)18-13-7-5-12(6-8-13)11(2)3/h4-8,10-11H,1,9H2,2-3H3,(H2,16,18,19,20). The van der Waals surface area contributed by atoms with Crippen LogP contribution < -0.4 is 10.6 Å². The maximum absolute atomic E-state index is 4.32. The van der Waals surface area contributed by atoms with E-state index in [0.717, 1.165) is 5.69 Å². The number of hydrogen-bond acceptors (Lipinski definition) is 5. The van der Waals surface area contributed by atoms with Gasteiger partial charge in [0.2, 0.25) is 5.95 Å². The zero-order valence-electron chi connectivity index (χ0n) is 11.8. The van der Waals surface area contributed by atoms with E-state index >= 15 is 0 Å². The summed E-state index contributed by atoms with van der Waals surface area (Å²) >= 11 is 0. The monoisotopic (exact) mass is 269 g/mol. The molecule has 104 valence electrons. The van der Waals surface area contributed by atoms with Crippen LogP contribution in [-0.2, 0) is 0 Å². The lowest BCUT2D eigenvalue weighted by atomic mass is 10.0. The van der Waals surface area contributed by atoms with E-state index in [1.54, 1.807) is 12.3 Å². The Kier molecular flexibility index (Phi) is 4.65. The summed E-state index contributed by atoms with van der Waals surface area (Å²) in [5.74, 6) is 1.66. The zero-order valence-corrected chi connectivity index (χ0v) is 11.8. The number of nitrogens with zero attached hydrogens (tertiary/aromatic N) is 3. The normalized spacial score (nSPS) is 10.3. The quantitative estimate of drug-likeness (QED) is 0.787. The predicted molar refractivity (Wildman–Crippen MR) is 82.3 cm³/mol. The van der Waals surface area contributed by atoms with Gasteiger partial charge in [0.05, 0.1) is 6.20 Å².